The van der Waals surface area contributed by atoms with Crippen LogP contribution >= 0.6 is 23.2 Å². The SMILES string of the molecule is CN(Cc1cc(Cl)ccc1Cl)CC1(O)CCOCC1. The predicted octanol–water partition coefficient (Wildman–Crippen LogP) is 2.97. The Kier molecular flexibility index (Phi) is 5.09. The molecule has 3 nitrogen and oxygen atoms in total. The number of aliphatic hydroxyl groups is 1. The van der Waals surface area contributed by atoms with E-state index in [-0.39, 0.29) is 0 Å². The van der Waals surface area contributed by atoms with Gasteiger partial charge in [0.15, 0.2) is 0 Å². The van der Waals surface area contributed by atoms with Gasteiger partial charge in [-0.1, -0.05) is 23.2 Å². The van der Waals surface area contributed by atoms with E-state index in [9.17, 15) is 5.11 Å². The Labute approximate surface area is 124 Å². The van der Waals surface area contributed by atoms with Crippen LogP contribution in [-0.4, -0.2) is 42.4 Å². The molecule has 2 rings (SSSR count). The zero-order chi connectivity index (χ0) is 13.9. The van der Waals surface area contributed by atoms with E-state index >= 15 is 0 Å². The monoisotopic (exact) mass is 303 g/mol. The van der Waals surface area contributed by atoms with Crippen LogP contribution < -0.4 is 0 Å². The minimum absolute atomic E-state index is 0.610. The minimum atomic E-state index is -0.655. The van der Waals surface area contributed by atoms with Crippen LogP contribution in [0.15, 0.2) is 18.2 Å². The number of nitrogens with zero attached hydrogens (tertiary/aromatic N) is 1. The Morgan fingerprint density at radius 2 is 2.00 bits per heavy atom. The number of halogens is 2. The van der Waals surface area contributed by atoms with Gasteiger partial charge in [0.05, 0.1) is 5.60 Å². The fraction of sp³-hybridized carbons (Fsp3) is 0.571. The highest BCUT2D eigenvalue weighted by atomic mass is 35.5. The Morgan fingerprint density at radius 3 is 2.68 bits per heavy atom. The smallest absolute Gasteiger partial charge is 0.0817 e. The van der Waals surface area contributed by atoms with E-state index in [0.717, 1.165) is 5.56 Å². The number of likely N-dealkylation sites (N-methyl/N-ethyl adjacent to an activating group) is 1. The van der Waals surface area contributed by atoms with Crippen LogP contribution in [0.2, 0.25) is 10.0 Å². The molecule has 1 aromatic carbocycles. The maximum absolute atomic E-state index is 10.5. The second-order valence-electron chi connectivity index (χ2n) is 5.24. The van der Waals surface area contributed by atoms with E-state index in [1.807, 2.05) is 13.1 Å². The normalized spacial score (nSPS) is 18.8. The van der Waals surface area contributed by atoms with E-state index in [4.69, 9.17) is 27.9 Å². The molecule has 0 atom stereocenters. The molecule has 0 aliphatic carbocycles. The predicted molar refractivity (Wildman–Crippen MR) is 77.8 cm³/mol. The molecule has 1 N–H and O–H groups in total. The van der Waals surface area contributed by atoms with Crippen LogP contribution in [0.1, 0.15) is 18.4 Å². The zero-order valence-electron chi connectivity index (χ0n) is 11.0. The fourth-order valence-corrected chi connectivity index (χ4v) is 2.80. The maximum atomic E-state index is 10.5. The highest BCUT2D eigenvalue weighted by molar-refractivity contribution is 6.33. The second-order valence-corrected chi connectivity index (χ2v) is 6.09. The first-order valence-corrected chi connectivity index (χ1v) is 7.17. The van der Waals surface area contributed by atoms with Crippen LogP contribution in [0.3, 0.4) is 0 Å². The molecule has 0 unspecified atom stereocenters. The lowest BCUT2D eigenvalue weighted by Crippen LogP contribution is -2.45. The van der Waals surface area contributed by atoms with Crippen LogP contribution in [0.5, 0.6) is 0 Å². The Hall–Kier alpha value is -0.320. The van der Waals surface area contributed by atoms with E-state index < -0.39 is 5.60 Å². The summed E-state index contributed by atoms with van der Waals surface area (Å²) in [6.45, 7) is 2.53. The molecule has 1 heterocycles. The molecule has 5 heteroatoms. The molecule has 0 bridgehead atoms. The quantitative estimate of drug-likeness (QED) is 0.928. The molecule has 106 valence electrons. The molecule has 0 amide bonds. The van der Waals surface area contributed by atoms with Crippen molar-refractivity contribution in [3.05, 3.63) is 33.8 Å². The molecule has 0 aromatic heterocycles. The van der Waals surface area contributed by atoms with Gasteiger partial charge in [-0.25, -0.2) is 0 Å². The number of benzene rings is 1. The highest BCUT2D eigenvalue weighted by Gasteiger charge is 2.31. The lowest BCUT2D eigenvalue weighted by Gasteiger charge is -2.35. The molecular formula is C14H19Cl2NO2. The summed E-state index contributed by atoms with van der Waals surface area (Å²) in [4.78, 5) is 2.07. The van der Waals surface area contributed by atoms with Gasteiger partial charge in [0, 0.05) is 49.2 Å². The van der Waals surface area contributed by atoms with Crippen LogP contribution in [0.25, 0.3) is 0 Å². The topological polar surface area (TPSA) is 32.7 Å². The third-order valence-electron chi connectivity index (χ3n) is 3.44. The lowest BCUT2D eigenvalue weighted by atomic mass is 9.94. The Morgan fingerprint density at radius 1 is 1.32 bits per heavy atom. The number of rotatable bonds is 4. The summed E-state index contributed by atoms with van der Waals surface area (Å²) >= 11 is 12.1. The van der Waals surface area contributed by atoms with Gasteiger partial charge in [-0.05, 0) is 30.8 Å². The number of hydrogen-bond donors (Lipinski definition) is 1. The fourth-order valence-electron chi connectivity index (χ4n) is 2.42. The van der Waals surface area contributed by atoms with Crippen molar-refractivity contribution in [1.29, 1.82) is 0 Å². The van der Waals surface area contributed by atoms with Crippen LogP contribution in [-0.2, 0) is 11.3 Å². The third kappa shape index (κ3) is 4.33. The van der Waals surface area contributed by atoms with Crippen molar-refractivity contribution in [3.8, 4) is 0 Å². The average Bonchev–Trinajstić information content (AvgIpc) is 2.34. The molecule has 0 radical (unpaired) electrons. The Balaban J connectivity index is 1.96. The molecular weight excluding hydrogens is 285 g/mol. The lowest BCUT2D eigenvalue weighted by molar-refractivity contribution is -0.0777. The molecule has 1 aliphatic heterocycles. The van der Waals surface area contributed by atoms with E-state index in [1.54, 1.807) is 12.1 Å². The van der Waals surface area contributed by atoms with Gasteiger partial charge in [-0.2, -0.15) is 0 Å². The van der Waals surface area contributed by atoms with Crippen molar-refractivity contribution >= 4 is 23.2 Å². The molecule has 1 aliphatic rings. The first kappa shape index (κ1) is 15.1. The first-order chi connectivity index (χ1) is 8.98. The third-order valence-corrected chi connectivity index (χ3v) is 4.04. The zero-order valence-corrected chi connectivity index (χ0v) is 12.5. The molecule has 19 heavy (non-hydrogen) atoms. The summed E-state index contributed by atoms with van der Waals surface area (Å²) in [5.41, 5.74) is 0.324. The summed E-state index contributed by atoms with van der Waals surface area (Å²) in [7, 11) is 1.98. The van der Waals surface area contributed by atoms with E-state index in [2.05, 4.69) is 4.90 Å². The molecule has 1 fully saturated rings. The number of hydrogen-bond acceptors (Lipinski definition) is 3. The Bertz CT molecular complexity index is 433. The summed E-state index contributed by atoms with van der Waals surface area (Å²) < 4.78 is 5.28. The van der Waals surface area contributed by atoms with Crippen molar-refractivity contribution in [2.45, 2.75) is 25.0 Å². The van der Waals surface area contributed by atoms with Crippen molar-refractivity contribution in [3.63, 3.8) is 0 Å². The van der Waals surface area contributed by atoms with Crippen molar-refractivity contribution in [1.82, 2.24) is 4.90 Å². The number of ether oxygens (including phenoxy) is 1. The highest BCUT2D eigenvalue weighted by Crippen LogP contribution is 2.25. The summed E-state index contributed by atoms with van der Waals surface area (Å²) in [6.07, 6.45) is 1.36. The van der Waals surface area contributed by atoms with Gasteiger partial charge in [0.25, 0.3) is 0 Å². The van der Waals surface area contributed by atoms with Crippen molar-refractivity contribution < 1.29 is 9.84 Å². The maximum Gasteiger partial charge on any atom is 0.0817 e. The summed E-state index contributed by atoms with van der Waals surface area (Å²) in [6, 6.07) is 5.45. The largest absolute Gasteiger partial charge is 0.388 e. The standard InChI is InChI=1S/C14H19Cl2NO2/c1-17(10-14(18)4-6-19-7-5-14)9-11-8-12(15)2-3-13(11)16/h2-3,8,18H,4-7,9-10H2,1H3. The van der Waals surface area contributed by atoms with Crippen molar-refractivity contribution in [2.24, 2.45) is 0 Å². The van der Waals surface area contributed by atoms with Crippen LogP contribution in [0.4, 0.5) is 0 Å². The minimum Gasteiger partial charge on any atom is -0.388 e. The van der Waals surface area contributed by atoms with Crippen LogP contribution in [0, 0.1) is 0 Å². The van der Waals surface area contributed by atoms with E-state index in [1.165, 1.54) is 0 Å². The van der Waals surface area contributed by atoms with Gasteiger partial charge < -0.3 is 9.84 Å². The van der Waals surface area contributed by atoms with Gasteiger partial charge in [0.1, 0.15) is 0 Å². The summed E-state index contributed by atoms with van der Waals surface area (Å²) in [5.74, 6) is 0. The molecule has 1 saturated heterocycles. The molecule has 0 saturated carbocycles. The van der Waals surface area contributed by atoms with Crippen molar-refractivity contribution in [2.75, 3.05) is 26.8 Å². The molecule has 0 spiro atoms. The molecule has 1 aromatic rings. The van der Waals surface area contributed by atoms with Gasteiger partial charge in [-0.15, -0.1) is 0 Å². The van der Waals surface area contributed by atoms with Gasteiger partial charge in [0.2, 0.25) is 0 Å². The first-order valence-electron chi connectivity index (χ1n) is 6.41. The average molecular weight is 304 g/mol. The van der Waals surface area contributed by atoms with E-state index in [0.29, 0.717) is 49.2 Å². The second kappa shape index (κ2) is 6.42. The van der Waals surface area contributed by atoms with Gasteiger partial charge >= 0.3 is 0 Å². The van der Waals surface area contributed by atoms with Gasteiger partial charge in [-0.3, -0.25) is 4.90 Å². The summed E-state index contributed by atoms with van der Waals surface area (Å²) in [5, 5.41) is 11.8.